The maximum Gasteiger partial charge on any atom is 0.275 e. The maximum absolute atomic E-state index is 12.1. The molecule has 0 unspecified atom stereocenters. The third-order valence-corrected chi connectivity index (χ3v) is 6.35. The highest BCUT2D eigenvalue weighted by Gasteiger charge is 2.23. The van der Waals surface area contributed by atoms with Gasteiger partial charge in [0.2, 0.25) is 10.1 Å². The van der Waals surface area contributed by atoms with E-state index in [1.807, 2.05) is 12.1 Å². The van der Waals surface area contributed by atoms with E-state index in [1.165, 1.54) is 28.1 Å². The van der Waals surface area contributed by atoms with Crippen LogP contribution in [0.5, 0.6) is 0 Å². The zero-order valence-electron chi connectivity index (χ0n) is 16.3. The fourth-order valence-corrected chi connectivity index (χ4v) is 4.33. The Labute approximate surface area is 178 Å². The third kappa shape index (κ3) is 4.66. The first-order chi connectivity index (χ1) is 13.3. The van der Waals surface area contributed by atoms with E-state index in [1.54, 1.807) is 6.07 Å². The summed E-state index contributed by atoms with van der Waals surface area (Å²) in [5.74, 6) is 0.446. The molecule has 0 saturated carbocycles. The molecule has 0 aliphatic heterocycles. The second-order valence-corrected chi connectivity index (χ2v) is 9.01. The number of fused-ring (bicyclic) bond motifs is 1. The average Bonchev–Trinajstić information content (AvgIpc) is 3.06. The second kappa shape index (κ2) is 8.78. The Kier molecular flexibility index (Phi) is 6.60. The highest BCUT2D eigenvalue weighted by molar-refractivity contribution is 7.20. The SMILES string of the molecule is CC(C)[C@@H](CN(Cc1ccc(Cl)c(Cl)c1)c1nn2c(=O)ccnc2s1)N(C)C. The number of nitrogens with zero attached hydrogens (tertiary/aromatic N) is 5. The molecular formula is C19H23Cl2N5OS. The smallest absolute Gasteiger partial charge is 0.275 e. The average molecular weight is 440 g/mol. The van der Waals surface area contributed by atoms with E-state index in [-0.39, 0.29) is 5.56 Å². The molecule has 0 N–H and O–H groups in total. The van der Waals surface area contributed by atoms with Crippen LogP contribution in [-0.2, 0) is 6.54 Å². The normalized spacial score (nSPS) is 12.9. The fourth-order valence-electron chi connectivity index (χ4n) is 3.13. The molecule has 3 aromatic rings. The first-order valence-electron chi connectivity index (χ1n) is 8.96. The molecule has 6 nitrogen and oxygen atoms in total. The van der Waals surface area contributed by atoms with E-state index in [4.69, 9.17) is 23.2 Å². The predicted molar refractivity (Wildman–Crippen MR) is 117 cm³/mol. The van der Waals surface area contributed by atoms with Gasteiger partial charge in [0.05, 0.1) is 10.0 Å². The molecule has 1 atom stereocenters. The topological polar surface area (TPSA) is 53.7 Å². The molecule has 0 bridgehead atoms. The first-order valence-corrected chi connectivity index (χ1v) is 10.5. The molecular weight excluding hydrogens is 417 g/mol. The molecule has 0 aliphatic carbocycles. The van der Waals surface area contributed by atoms with Gasteiger partial charge in [-0.1, -0.05) is 54.5 Å². The standard InChI is InChI=1S/C19H23Cl2N5OS/c1-12(2)16(24(3)4)11-25(10-13-5-6-14(20)15(21)9-13)19-23-26-17(27)7-8-22-18(26)28-19/h5-9,12,16H,10-11H2,1-4H3/t16-/m1/s1. The van der Waals surface area contributed by atoms with Gasteiger partial charge in [0.1, 0.15) is 0 Å². The van der Waals surface area contributed by atoms with E-state index in [0.717, 1.165) is 17.2 Å². The van der Waals surface area contributed by atoms with Gasteiger partial charge in [-0.2, -0.15) is 4.52 Å². The van der Waals surface area contributed by atoms with Gasteiger partial charge in [-0.05, 0) is 37.7 Å². The van der Waals surface area contributed by atoms with E-state index < -0.39 is 0 Å². The number of halogens is 2. The van der Waals surface area contributed by atoms with Crippen molar-refractivity contribution in [1.29, 1.82) is 0 Å². The molecule has 9 heteroatoms. The minimum Gasteiger partial charge on any atom is -0.341 e. The lowest BCUT2D eigenvalue weighted by Crippen LogP contribution is -2.43. The maximum atomic E-state index is 12.1. The molecule has 0 fully saturated rings. The van der Waals surface area contributed by atoms with Crippen molar-refractivity contribution in [2.75, 3.05) is 25.5 Å². The second-order valence-electron chi connectivity index (χ2n) is 7.27. The van der Waals surface area contributed by atoms with Crippen LogP contribution in [0.4, 0.5) is 5.13 Å². The fraction of sp³-hybridized carbons (Fsp3) is 0.421. The zero-order valence-corrected chi connectivity index (χ0v) is 18.6. The Morgan fingerprint density at radius 2 is 1.93 bits per heavy atom. The lowest BCUT2D eigenvalue weighted by Gasteiger charge is -2.33. The van der Waals surface area contributed by atoms with Crippen LogP contribution in [0.2, 0.25) is 10.0 Å². The van der Waals surface area contributed by atoms with E-state index >= 15 is 0 Å². The highest BCUT2D eigenvalue weighted by Crippen LogP contribution is 2.27. The van der Waals surface area contributed by atoms with Gasteiger partial charge in [-0.15, -0.1) is 5.10 Å². The summed E-state index contributed by atoms with van der Waals surface area (Å²) >= 11 is 13.7. The molecule has 3 rings (SSSR count). The number of aromatic nitrogens is 3. The molecule has 150 valence electrons. The monoisotopic (exact) mass is 439 g/mol. The van der Waals surface area contributed by atoms with Crippen molar-refractivity contribution in [2.24, 2.45) is 5.92 Å². The molecule has 0 radical (unpaired) electrons. The van der Waals surface area contributed by atoms with Crippen LogP contribution >= 0.6 is 34.5 Å². The summed E-state index contributed by atoms with van der Waals surface area (Å²) in [4.78, 5) is 21.3. The largest absolute Gasteiger partial charge is 0.341 e. The van der Waals surface area contributed by atoms with Gasteiger partial charge in [0, 0.05) is 31.4 Å². The lowest BCUT2D eigenvalue weighted by atomic mass is 10.0. The van der Waals surface area contributed by atoms with Crippen molar-refractivity contribution in [3.8, 4) is 0 Å². The van der Waals surface area contributed by atoms with E-state index in [9.17, 15) is 4.79 Å². The third-order valence-electron chi connectivity index (χ3n) is 4.63. The van der Waals surface area contributed by atoms with Gasteiger partial charge in [0.15, 0.2) is 0 Å². The Hall–Kier alpha value is -1.67. The van der Waals surface area contributed by atoms with Crippen molar-refractivity contribution in [1.82, 2.24) is 19.5 Å². The van der Waals surface area contributed by atoms with E-state index in [2.05, 4.69) is 47.8 Å². The summed E-state index contributed by atoms with van der Waals surface area (Å²) < 4.78 is 1.35. The molecule has 2 heterocycles. The van der Waals surface area contributed by atoms with Crippen LogP contribution in [0.15, 0.2) is 35.3 Å². The molecule has 0 amide bonds. The lowest BCUT2D eigenvalue weighted by molar-refractivity contribution is 0.233. The van der Waals surface area contributed by atoms with Gasteiger partial charge in [-0.3, -0.25) is 4.79 Å². The molecule has 0 spiro atoms. The van der Waals surface area contributed by atoms with Crippen molar-refractivity contribution < 1.29 is 0 Å². The van der Waals surface area contributed by atoms with Crippen LogP contribution in [0.1, 0.15) is 19.4 Å². The summed E-state index contributed by atoms with van der Waals surface area (Å²) in [5.41, 5.74) is 0.838. The van der Waals surface area contributed by atoms with Gasteiger partial charge >= 0.3 is 0 Å². The van der Waals surface area contributed by atoms with Crippen molar-refractivity contribution in [3.63, 3.8) is 0 Å². The van der Waals surface area contributed by atoms with Crippen molar-refractivity contribution in [3.05, 3.63) is 56.4 Å². The Morgan fingerprint density at radius 1 is 1.18 bits per heavy atom. The van der Waals surface area contributed by atoms with Crippen LogP contribution in [0.3, 0.4) is 0 Å². The summed E-state index contributed by atoms with van der Waals surface area (Å²) in [6.07, 6.45) is 1.51. The summed E-state index contributed by atoms with van der Waals surface area (Å²) in [5, 5.41) is 6.33. The highest BCUT2D eigenvalue weighted by atomic mass is 35.5. The van der Waals surface area contributed by atoms with Crippen molar-refractivity contribution >= 4 is 44.6 Å². The number of hydrogen-bond donors (Lipinski definition) is 0. The number of anilines is 1. The minimum atomic E-state index is -0.185. The molecule has 2 aromatic heterocycles. The number of likely N-dealkylation sites (N-methyl/N-ethyl adjacent to an activating group) is 1. The van der Waals surface area contributed by atoms with Crippen LogP contribution in [0.25, 0.3) is 4.96 Å². The Bertz CT molecular complexity index is 1010. The molecule has 28 heavy (non-hydrogen) atoms. The van der Waals surface area contributed by atoms with Gasteiger partial charge in [0.25, 0.3) is 5.56 Å². The van der Waals surface area contributed by atoms with Crippen LogP contribution in [0, 0.1) is 5.92 Å². The Balaban J connectivity index is 2.00. The summed E-state index contributed by atoms with van der Waals surface area (Å²) in [6, 6.07) is 7.34. The summed E-state index contributed by atoms with van der Waals surface area (Å²) in [7, 11) is 4.15. The van der Waals surface area contributed by atoms with E-state index in [0.29, 0.717) is 33.5 Å². The minimum absolute atomic E-state index is 0.185. The number of rotatable bonds is 7. The van der Waals surface area contributed by atoms with Crippen LogP contribution < -0.4 is 10.5 Å². The van der Waals surface area contributed by atoms with Crippen LogP contribution in [-0.4, -0.2) is 46.2 Å². The van der Waals surface area contributed by atoms with Crippen molar-refractivity contribution in [2.45, 2.75) is 26.4 Å². The Morgan fingerprint density at radius 3 is 2.54 bits per heavy atom. The molecule has 0 saturated heterocycles. The predicted octanol–water partition coefficient (Wildman–Crippen LogP) is 4.05. The first kappa shape index (κ1) is 21.0. The van der Waals surface area contributed by atoms with Gasteiger partial charge < -0.3 is 9.80 Å². The molecule has 1 aromatic carbocycles. The zero-order chi connectivity index (χ0) is 20.4. The summed E-state index contributed by atoms with van der Waals surface area (Å²) in [6.45, 7) is 5.75. The number of benzene rings is 1. The number of hydrogen-bond acceptors (Lipinski definition) is 6. The quantitative estimate of drug-likeness (QED) is 0.555. The molecule has 0 aliphatic rings. The van der Waals surface area contributed by atoms with Gasteiger partial charge in [-0.25, -0.2) is 4.98 Å².